The highest BCUT2D eigenvalue weighted by Crippen LogP contribution is 2.26. The van der Waals surface area contributed by atoms with Gasteiger partial charge in [-0.2, -0.15) is 0 Å². The zero-order valence-corrected chi connectivity index (χ0v) is 9.68. The van der Waals surface area contributed by atoms with Gasteiger partial charge in [0.05, 0.1) is 10.5 Å². The number of para-hydroxylation sites is 2. The molecule has 2 aromatic rings. The van der Waals surface area contributed by atoms with Gasteiger partial charge in [0.15, 0.2) is 0 Å². The van der Waals surface area contributed by atoms with E-state index in [4.69, 9.17) is 4.89 Å². The lowest BCUT2D eigenvalue weighted by atomic mass is 10.2. The molecular formula is C13H9NO5. The minimum absolute atomic E-state index is 0.128. The Morgan fingerprint density at radius 1 is 1.00 bits per heavy atom. The number of nitro benzene ring substituents is 1. The van der Waals surface area contributed by atoms with Gasteiger partial charge in [-0.05, 0) is 18.2 Å². The monoisotopic (exact) mass is 259 g/mol. The van der Waals surface area contributed by atoms with E-state index in [1.54, 1.807) is 36.4 Å². The third kappa shape index (κ3) is 3.06. The lowest BCUT2D eigenvalue weighted by Gasteiger charge is -2.04. The highest BCUT2D eigenvalue weighted by Gasteiger charge is 2.17. The second kappa shape index (κ2) is 5.63. The largest absolute Gasteiger partial charge is 0.386 e. The predicted molar refractivity (Wildman–Crippen MR) is 65.6 cm³/mol. The normalized spacial score (nSPS) is 9.68. The Kier molecular flexibility index (Phi) is 3.72. The van der Waals surface area contributed by atoms with Crippen LogP contribution < -0.4 is 4.89 Å². The molecule has 0 aliphatic heterocycles. The number of rotatable bonds is 4. The topological polar surface area (TPSA) is 78.7 Å². The first kappa shape index (κ1) is 12.6. The number of carbonyl (C=O) groups is 1. The fourth-order valence-electron chi connectivity index (χ4n) is 1.38. The smallest absolute Gasteiger partial charge is 0.279 e. The first-order valence-corrected chi connectivity index (χ1v) is 5.36. The summed E-state index contributed by atoms with van der Waals surface area (Å²) in [5.74, 6) is -0.851. The number of nitro groups is 1. The molecule has 0 spiro atoms. The third-order valence-electron chi connectivity index (χ3n) is 2.28. The van der Waals surface area contributed by atoms with Crippen LogP contribution in [0.2, 0.25) is 0 Å². The molecule has 19 heavy (non-hydrogen) atoms. The van der Waals surface area contributed by atoms with E-state index in [9.17, 15) is 14.9 Å². The molecular weight excluding hydrogens is 250 g/mol. The highest BCUT2D eigenvalue weighted by atomic mass is 17.2. The van der Waals surface area contributed by atoms with Gasteiger partial charge in [0, 0.05) is 6.07 Å². The Morgan fingerprint density at radius 3 is 2.32 bits per heavy atom. The van der Waals surface area contributed by atoms with E-state index in [-0.39, 0.29) is 11.4 Å². The summed E-state index contributed by atoms with van der Waals surface area (Å²) in [6, 6.07) is 13.8. The maximum atomic E-state index is 11.6. The quantitative estimate of drug-likeness (QED) is 0.479. The van der Waals surface area contributed by atoms with Crippen molar-refractivity contribution in [2.24, 2.45) is 0 Å². The molecule has 2 aromatic carbocycles. The molecule has 0 saturated carbocycles. The molecule has 0 N–H and O–H groups in total. The molecule has 0 amide bonds. The molecule has 0 bridgehead atoms. The number of carbonyl (C=O) groups excluding carboxylic acids is 1. The first-order chi connectivity index (χ1) is 9.18. The van der Waals surface area contributed by atoms with Crippen LogP contribution in [0.4, 0.5) is 5.69 Å². The van der Waals surface area contributed by atoms with Crippen LogP contribution in [-0.4, -0.2) is 10.9 Å². The summed E-state index contributed by atoms with van der Waals surface area (Å²) in [5, 5.41) is 10.7. The van der Waals surface area contributed by atoms with Crippen LogP contribution in [0.25, 0.3) is 0 Å². The lowest BCUT2D eigenvalue weighted by molar-refractivity contribution is -0.387. The minimum atomic E-state index is -0.723. The summed E-state index contributed by atoms with van der Waals surface area (Å²) in [5.41, 5.74) is 0.0180. The van der Waals surface area contributed by atoms with E-state index in [1.807, 2.05) is 0 Å². The first-order valence-electron chi connectivity index (χ1n) is 5.36. The van der Waals surface area contributed by atoms with Gasteiger partial charge in [-0.1, -0.05) is 30.3 Å². The Labute approximate surface area is 108 Å². The molecule has 96 valence electrons. The molecule has 0 fully saturated rings. The van der Waals surface area contributed by atoms with Crippen molar-refractivity contribution in [1.82, 2.24) is 0 Å². The predicted octanol–water partition coefficient (Wildman–Crippen LogP) is 2.75. The van der Waals surface area contributed by atoms with Gasteiger partial charge in [-0.3, -0.25) is 15.0 Å². The van der Waals surface area contributed by atoms with Crippen LogP contribution >= 0.6 is 0 Å². The molecule has 0 atom stereocenters. The zero-order chi connectivity index (χ0) is 13.7. The molecule has 6 nitrogen and oxygen atoms in total. The van der Waals surface area contributed by atoms with Gasteiger partial charge in [-0.25, -0.2) is 9.68 Å². The van der Waals surface area contributed by atoms with Gasteiger partial charge >= 0.3 is 11.7 Å². The van der Waals surface area contributed by atoms with E-state index in [1.165, 1.54) is 18.2 Å². The summed E-state index contributed by atoms with van der Waals surface area (Å²) in [4.78, 5) is 31.0. The Balaban J connectivity index is 2.07. The molecule has 0 aromatic heterocycles. The lowest BCUT2D eigenvalue weighted by Crippen LogP contribution is -2.09. The van der Waals surface area contributed by atoms with Crippen molar-refractivity contribution >= 4 is 11.7 Å². The van der Waals surface area contributed by atoms with Crippen LogP contribution in [-0.2, 0) is 4.89 Å². The third-order valence-corrected chi connectivity index (χ3v) is 2.28. The summed E-state index contributed by atoms with van der Waals surface area (Å²) in [6.07, 6.45) is 0. The maximum absolute atomic E-state index is 11.6. The Bertz CT molecular complexity index is 597. The number of hydrogen-bond acceptors (Lipinski definition) is 5. The van der Waals surface area contributed by atoms with E-state index in [2.05, 4.69) is 4.89 Å². The highest BCUT2D eigenvalue weighted by molar-refractivity contribution is 5.88. The van der Waals surface area contributed by atoms with Gasteiger partial charge in [0.2, 0.25) is 0 Å². The molecule has 0 radical (unpaired) electrons. The SMILES string of the molecule is O=C(OOc1ccccc1[N+](=O)[O-])c1ccccc1. The maximum Gasteiger partial charge on any atom is 0.386 e. The van der Waals surface area contributed by atoms with Crippen molar-refractivity contribution in [3.8, 4) is 5.75 Å². The van der Waals surface area contributed by atoms with Crippen LogP contribution in [0, 0.1) is 10.1 Å². The zero-order valence-electron chi connectivity index (χ0n) is 9.68. The van der Waals surface area contributed by atoms with Crippen molar-refractivity contribution in [1.29, 1.82) is 0 Å². The van der Waals surface area contributed by atoms with Gasteiger partial charge in [0.1, 0.15) is 0 Å². The van der Waals surface area contributed by atoms with Crippen molar-refractivity contribution in [2.75, 3.05) is 0 Å². The molecule has 0 saturated heterocycles. The van der Waals surface area contributed by atoms with Crippen molar-refractivity contribution < 1.29 is 19.5 Å². The van der Waals surface area contributed by atoms with Crippen molar-refractivity contribution in [3.05, 3.63) is 70.3 Å². The van der Waals surface area contributed by atoms with E-state index in [0.29, 0.717) is 5.56 Å². The molecule has 6 heteroatoms. The fraction of sp³-hybridized carbons (Fsp3) is 0. The van der Waals surface area contributed by atoms with Crippen LogP contribution in [0.5, 0.6) is 5.75 Å². The van der Waals surface area contributed by atoms with E-state index < -0.39 is 10.9 Å². The van der Waals surface area contributed by atoms with Crippen molar-refractivity contribution in [2.45, 2.75) is 0 Å². The standard InChI is InChI=1S/C13H9NO5/c15-13(10-6-2-1-3-7-10)19-18-12-9-5-4-8-11(12)14(16)17/h1-9H. The molecule has 0 unspecified atom stereocenters. The number of benzene rings is 2. The fourth-order valence-corrected chi connectivity index (χ4v) is 1.38. The Morgan fingerprint density at radius 2 is 1.63 bits per heavy atom. The van der Waals surface area contributed by atoms with Crippen molar-refractivity contribution in [3.63, 3.8) is 0 Å². The second-order valence-corrected chi connectivity index (χ2v) is 3.54. The minimum Gasteiger partial charge on any atom is -0.279 e. The average Bonchev–Trinajstić information content (AvgIpc) is 2.46. The second-order valence-electron chi connectivity index (χ2n) is 3.54. The summed E-state index contributed by atoms with van der Waals surface area (Å²) >= 11 is 0. The van der Waals surface area contributed by atoms with Gasteiger partial charge in [-0.15, -0.1) is 0 Å². The summed E-state index contributed by atoms with van der Waals surface area (Å²) in [6.45, 7) is 0. The van der Waals surface area contributed by atoms with E-state index >= 15 is 0 Å². The molecule has 0 heterocycles. The molecule has 2 rings (SSSR count). The van der Waals surface area contributed by atoms with Gasteiger partial charge in [0.25, 0.3) is 5.75 Å². The number of nitrogens with zero attached hydrogens (tertiary/aromatic N) is 1. The Hall–Kier alpha value is -2.89. The molecule has 0 aliphatic rings. The van der Waals surface area contributed by atoms with Gasteiger partial charge < -0.3 is 0 Å². The summed E-state index contributed by atoms with van der Waals surface area (Å²) < 4.78 is 0. The number of hydrogen-bond donors (Lipinski definition) is 0. The van der Waals surface area contributed by atoms with Crippen LogP contribution in [0.1, 0.15) is 10.4 Å². The van der Waals surface area contributed by atoms with Crippen LogP contribution in [0.3, 0.4) is 0 Å². The molecule has 0 aliphatic carbocycles. The average molecular weight is 259 g/mol. The summed E-state index contributed by atoms with van der Waals surface area (Å²) in [7, 11) is 0. The van der Waals surface area contributed by atoms with Crippen LogP contribution in [0.15, 0.2) is 54.6 Å². The van der Waals surface area contributed by atoms with E-state index in [0.717, 1.165) is 0 Å².